The molecule has 0 unspecified atom stereocenters. The third-order valence-electron chi connectivity index (χ3n) is 6.31. The van der Waals surface area contributed by atoms with Gasteiger partial charge in [0.1, 0.15) is 12.2 Å². The van der Waals surface area contributed by atoms with E-state index in [0.717, 1.165) is 20.9 Å². The number of anilines is 2. The molecule has 8 heteroatoms. The molecule has 5 rings (SSSR count). The van der Waals surface area contributed by atoms with Gasteiger partial charge in [0.15, 0.2) is 11.5 Å². The Hall–Kier alpha value is -4.69. The summed E-state index contributed by atoms with van der Waals surface area (Å²) < 4.78 is 12.2. The van der Waals surface area contributed by atoms with Crippen LogP contribution >= 0.6 is 15.9 Å². The van der Waals surface area contributed by atoms with E-state index in [-0.39, 0.29) is 5.57 Å². The number of hydrogen-bond donors (Lipinski definition) is 0. The Morgan fingerprint density at radius 2 is 1.38 bits per heavy atom. The van der Waals surface area contributed by atoms with Gasteiger partial charge in [-0.2, -0.15) is 0 Å². The Balaban J connectivity index is 1.54. The molecular formula is C32H25BrN2O5. The van der Waals surface area contributed by atoms with E-state index in [9.17, 15) is 14.4 Å². The minimum atomic E-state index is -0.747. The molecule has 0 aromatic heterocycles. The molecule has 1 aliphatic heterocycles. The van der Waals surface area contributed by atoms with E-state index in [1.165, 1.54) is 13.2 Å². The summed E-state index contributed by atoms with van der Waals surface area (Å²) in [6, 6.07) is 27.7. The molecule has 0 spiro atoms. The summed E-state index contributed by atoms with van der Waals surface area (Å²) in [4.78, 5) is 42.8. The van der Waals surface area contributed by atoms with E-state index in [4.69, 9.17) is 9.47 Å². The Bertz CT molecular complexity index is 1560. The van der Waals surface area contributed by atoms with Crippen molar-refractivity contribution in [1.82, 2.24) is 0 Å². The maximum Gasteiger partial charge on any atom is 0.343 e. The molecule has 0 atom stereocenters. The lowest BCUT2D eigenvalue weighted by Gasteiger charge is -2.34. The van der Waals surface area contributed by atoms with Crippen LogP contribution in [0.4, 0.5) is 16.2 Å². The zero-order chi connectivity index (χ0) is 28.2. The number of ether oxygens (including phenoxy) is 2. The first-order valence-corrected chi connectivity index (χ1v) is 13.3. The quantitative estimate of drug-likeness (QED) is 0.171. The number of benzene rings is 4. The van der Waals surface area contributed by atoms with E-state index in [1.54, 1.807) is 72.8 Å². The largest absolute Gasteiger partial charge is 0.493 e. The molecule has 0 saturated carbocycles. The first-order valence-electron chi connectivity index (χ1n) is 12.5. The lowest BCUT2D eigenvalue weighted by Crippen LogP contribution is -2.57. The van der Waals surface area contributed by atoms with E-state index in [0.29, 0.717) is 39.5 Å². The number of carbonyl (C=O) groups is 3. The number of urea groups is 1. The average Bonchev–Trinajstić information content (AvgIpc) is 2.96. The van der Waals surface area contributed by atoms with E-state index in [2.05, 4.69) is 15.9 Å². The molecule has 0 radical (unpaired) electrons. The number of nitrogens with zero attached hydrogens (tertiary/aromatic N) is 2. The molecule has 0 N–H and O–H groups in total. The zero-order valence-corrected chi connectivity index (χ0v) is 23.4. The highest BCUT2D eigenvalue weighted by molar-refractivity contribution is 9.10. The second kappa shape index (κ2) is 11.6. The van der Waals surface area contributed by atoms with E-state index >= 15 is 0 Å². The van der Waals surface area contributed by atoms with Crippen molar-refractivity contribution >= 4 is 51.2 Å². The summed E-state index contributed by atoms with van der Waals surface area (Å²) in [5, 5.41) is 0. The number of amides is 4. The minimum Gasteiger partial charge on any atom is -0.493 e. The highest BCUT2D eigenvalue weighted by Gasteiger charge is 2.43. The Morgan fingerprint density at radius 1 is 0.775 bits per heavy atom. The molecule has 4 aromatic carbocycles. The third-order valence-corrected chi connectivity index (χ3v) is 6.90. The van der Waals surface area contributed by atoms with Crippen LogP contribution < -0.4 is 19.3 Å². The van der Waals surface area contributed by atoms with Crippen LogP contribution in [0.15, 0.2) is 107 Å². The van der Waals surface area contributed by atoms with Gasteiger partial charge < -0.3 is 9.47 Å². The van der Waals surface area contributed by atoms with Crippen molar-refractivity contribution in [3.8, 4) is 11.5 Å². The van der Waals surface area contributed by atoms with Gasteiger partial charge in [-0.25, -0.2) is 14.6 Å². The molecule has 1 aliphatic rings. The number of rotatable bonds is 7. The van der Waals surface area contributed by atoms with Gasteiger partial charge in [0.05, 0.1) is 23.0 Å². The van der Waals surface area contributed by atoms with E-state index < -0.39 is 17.8 Å². The number of para-hydroxylation sites is 2. The van der Waals surface area contributed by atoms with Crippen molar-refractivity contribution < 1.29 is 23.9 Å². The van der Waals surface area contributed by atoms with Crippen molar-refractivity contribution in [3.05, 3.63) is 124 Å². The fourth-order valence-corrected chi connectivity index (χ4v) is 5.00. The Kier molecular flexibility index (Phi) is 7.79. The fraction of sp³-hybridized carbons (Fsp3) is 0.0938. The number of methoxy groups -OCH3 is 1. The highest BCUT2D eigenvalue weighted by Crippen LogP contribution is 2.38. The first-order chi connectivity index (χ1) is 19.4. The van der Waals surface area contributed by atoms with Crippen LogP contribution in [0, 0.1) is 6.92 Å². The van der Waals surface area contributed by atoms with Crippen molar-refractivity contribution in [2.24, 2.45) is 0 Å². The summed E-state index contributed by atoms with van der Waals surface area (Å²) in [5.41, 5.74) is 3.19. The lowest BCUT2D eigenvalue weighted by atomic mass is 10.0. The normalized spacial score (nSPS) is 13.5. The van der Waals surface area contributed by atoms with Crippen LogP contribution in [0.25, 0.3) is 6.08 Å². The molecular weight excluding hydrogens is 572 g/mol. The molecule has 1 saturated heterocycles. The molecule has 0 aliphatic carbocycles. The van der Waals surface area contributed by atoms with Gasteiger partial charge in [-0.1, -0.05) is 66.2 Å². The van der Waals surface area contributed by atoms with E-state index in [1.807, 2.05) is 31.2 Å². The van der Waals surface area contributed by atoms with Crippen LogP contribution in [0.5, 0.6) is 11.5 Å². The van der Waals surface area contributed by atoms with Gasteiger partial charge in [-0.05, 0) is 76.5 Å². The van der Waals surface area contributed by atoms with Gasteiger partial charge in [0.2, 0.25) is 0 Å². The molecule has 4 aromatic rings. The van der Waals surface area contributed by atoms with Gasteiger partial charge in [-0.15, -0.1) is 0 Å². The molecule has 40 heavy (non-hydrogen) atoms. The molecule has 7 nitrogen and oxygen atoms in total. The predicted molar refractivity (Wildman–Crippen MR) is 157 cm³/mol. The molecule has 200 valence electrons. The summed E-state index contributed by atoms with van der Waals surface area (Å²) in [7, 11) is 1.52. The number of aryl methyl sites for hydroxylation is 1. The Morgan fingerprint density at radius 3 is 1.93 bits per heavy atom. The van der Waals surface area contributed by atoms with Crippen LogP contribution in [-0.2, 0) is 16.2 Å². The summed E-state index contributed by atoms with van der Waals surface area (Å²) in [5.74, 6) is -0.536. The van der Waals surface area contributed by atoms with Crippen molar-refractivity contribution in [3.63, 3.8) is 0 Å². The summed E-state index contributed by atoms with van der Waals surface area (Å²) >= 11 is 3.55. The smallest absolute Gasteiger partial charge is 0.343 e. The maximum absolute atomic E-state index is 13.6. The number of imide groups is 2. The van der Waals surface area contributed by atoms with Crippen molar-refractivity contribution in [2.45, 2.75) is 13.5 Å². The summed E-state index contributed by atoms with van der Waals surface area (Å²) in [6.45, 7) is 2.34. The monoisotopic (exact) mass is 596 g/mol. The minimum absolute atomic E-state index is 0.172. The fourth-order valence-electron chi connectivity index (χ4n) is 4.43. The second-order valence-corrected chi connectivity index (χ2v) is 9.96. The highest BCUT2D eigenvalue weighted by atomic mass is 79.9. The van der Waals surface area contributed by atoms with Gasteiger partial charge in [0, 0.05) is 0 Å². The predicted octanol–water partition coefficient (Wildman–Crippen LogP) is 6.93. The topological polar surface area (TPSA) is 76.2 Å². The molecule has 1 fully saturated rings. The van der Waals surface area contributed by atoms with Crippen LogP contribution in [0.2, 0.25) is 0 Å². The van der Waals surface area contributed by atoms with Gasteiger partial charge in [-0.3, -0.25) is 9.59 Å². The number of carbonyl (C=O) groups excluding carboxylic acids is 3. The van der Waals surface area contributed by atoms with Crippen molar-refractivity contribution in [1.29, 1.82) is 0 Å². The standard InChI is InChI=1S/C32H25BrN2O5/c1-21-10-9-11-22(16-21)20-40-29-27(33)18-23(19-28(29)39-2)17-26-30(36)34(24-12-5-3-6-13-24)32(38)35(31(26)37)25-14-7-4-8-15-25/h3-19H,20H2,1-2H3. The second-order valence-electron chi connectivity index (χ2n) is 9.10. The van der Waals surface area contributed by atoms with Crippen molar-refractivity contribution in [2.75, 3.05) is 16.9 Å². The van der Waals surface area contributed by atoms with Crippen LogP contribution in [0.3, 0.4) is 0 Å². The van der Waals surface area contributed by atoms with Crippen LogP contribution in [-0.4, -0.2) is 25.0 Å². The number of hydrogen-bond acceptors (Lipinski definition) is 5. The average molecular weight is 597 g/mol. The first kappa shape index (κ1) is 26.9. The molecule has 0 bridgehead atoms. The third kappa shape index (κ3) is 5.39. The zero-order valence-electron chi connectivity index (χ0n) is 21.8. The van der Waals surface area contributed by atoms with Gasteiger partial charge in [0.25, 0.3) is 11.8 Å². The maximum atomic E-state index is 13.6. The SMILES string of the molecule is COc1cc(C=C2C(=O)N(c3ccccc3)C(=O)N(c3ccccc3)C2=O)cc(Br)c1OCc1cccc(C)c1. The molecule has 4 amide bonds. The number of barbiturate groups is 1. The summed E-state index contributed by atoms with van der Waals surface area (Å²) in [6.07, 6.45) is 1.46. The number of halogens is 1. The van der Waals surface area contributed by atoms with Crippen LogP contribution in [0.1, 0.15) is 16.7 Å². The Labute approximate surface area is 240 Å². The molecule has 1 heterocycles. The lowest BCUT2D eigenvalue weighted by molar-refractivity contribution is -0.121. The van der Waals surface area contributed by atoms with Gasteiger partial charge >= 0.3 is 6.03 Å².